The smallest absolute Gasteiger partial charge is 0.119 e. The van der Waals surface area contributed by atoms with Gasteiger partial charge in [-0.15, -0.1) is 0 Å². The molecule has 2 aliphatic heterocycles. The molecule has 0 saturated carbocycles. The lowest BCUT2D eigenvalue weighted by Gasteiger charge is -2.49. The fourth-order valence-electron chi connectivity index (χ4n) is 4.21. The molecular formula is C20H31NO3. The molecule has 0 radical (unpaired) electrons. The molecule has 4 heteroatoms. The highest BCUT2D eigenvalue weighted by molar-refractivity contribution is 5.28. The number of ether oxygens (including phenoxy) is 3. The average molecular weight is 333 g/mol. The Kier molecular flexibility index (Phi) is 6.14. The van der Waals surface area contributed by atoms with Crippen molar-refractivity contribution in [2.75, 3.05) is 46.6 Å². The van der Waals surface area contributed by atoms with Gasteiger partial charge >= 0.3 is 0 Å². The Balaban J connectivity index is 1.57. The van der Waals surface area contributed by atoms with E-state index in [1.807, 2.05) is 6.07 Å². The van der Waals surface area contributed by atoms with E-state index >= 15 is 0 Å². The Morgan fingerprint density at radius 1 is 1.25 bits per heavy atom. The van der Waals surface area contributed by atoms with Crippen molar-refractivity contribution < 1.29 is 14.2 Å². The van der Waals surface area contributed by atoms with Crippen LogP contribution in [0, 0.1) is 11.3 Å². The van der Waals surface area contributed by atoms with Crippen molar-refractivity contribution in [1.82, 2.24) is 4.90 Å². The number of likely N-dealkylation sites (tertiary alicyclic amines) is 1. The van der Waals surface area contributed by atoms with Crippen LogP contribution in [0.1, 0.15) is 31.7 Å². The predicted molar refractivity (Wildman–Crippen MR) is 95.4 cm³/mol. The molecule has 1 atom stereocenters. The number of nitrogens with zero attached hydrogens (tertiary/aromatic N) is 1. The van der Waals surface area contributed by atoms with E-state index < -0.39 is 0 Å². The molecule has 1 spiro atoms. The Hall–Kier alpha value is -1.10. The summed E-state index contributed by atoms with van der Waals surface area (Å²) in [5, 5.41) is 0. The predicted octanol–water partition coefficient (Wildman–Crippen LogP) is 3.35. The molecule has 0 amide bonds. The van der Waals surface area contributed by atoms with E-state index in [0.29, 0.717) is 11.3 Å². The third-order valence-corrected chi connectivity index (χ3v) is 5.84. The summed E-state index contributed by atoms with van der Waals surface area (Å²) in [5.41, 5.74) is 1.77. The summed E-state index contributed by atoms with van der Waals surface area (Å²) in [6, 6.07) is 8.43. The van der Waals surface area contributed by atoms with E-state index in [1.54, 1.807) is 7.11 Å². The number of rotatable bonds is 6. The van der Waals surface area contributed by atoms with Crippen LogP contribution in [-0.4, -0.2) is 51.5 Å². The normalized spacial score (nSPS) is 24.2. The van der Waals surface area contributed by atoms with Crippen LogP contribution < -0.4 is 4.74 Å². The Labute approximate surface area is 146 Å². The van der Waals surface area contributed by atoms with Gasteiger partial charge in [0.1, 0.15) is 5.75 Å². The minimum atomic E-state index is 0.429. The summed E-state index contributed by atoms with van der Waals surface area (Å²) in [6.45, 7) is 8.86. The average Bonchev–Trinajstić information content (AvgIpc) is 2.63. The Morgan fingerprint density at radius 3 is 2.83 bits per heavy atom. The van der Waals surface area contributed by atoms with Gasteiger partial charge in [0.05, 0.1) is 20.3 Å². The maximum absolute atomic E-state index is 5.75. The first-order valence-electron chi connectivity index (χ1n) is 9.26. The molecule has 2 fully saturated rings. The van der Waals surface area contributed by atoms with E-state index in [1.165, 1.54) is 37.9 Å². The van der Waals surface area contributed by atoms with Crippen LogP contribution in [0.25, 0.3) is 0 Å². The fourth-order valence-corrected chi connectivity index (χ4v) is 4.21. The molecule has 24 heavy (non-hydrogen) atoms. The first-order chi connectivity index (χ1) is 11.8. The topological polar surface area (TPSA) is 30.9 Å². The third kappa shape index (κ3) is 4.11. The van der Waals surface area contributed by atoms with Crippen LogP contribution in [0.15, 0.2) is 24.3 Å². The summed E-state index contributed by atoms with van der Waals surface area (Å²) >= 11 is 0. The molecule has 3 rings (SSSR count). The monoisotopic (exact) mass is 333 g/mol. The van der Waals surface area contributed by atoms with Gasteiger partial charge < -0.3 is 14.2 Å². The largest absolute Gasteiger partial charge is 0.497 e. The zero-order valence-electron chi connectivity index (χ0n) is 15.1. The molecule has 4 nitrogen and oxygen atoms in total. The highest BCUT2D eigenvalue weighted by atomic mass is 16.5. The van der Waals surface area contributed by atoms with Gasteiger partial charge in [0.25, 0.3) is 0 Å². The minimum Gasteiger partial charge on any atom is -0.497 e. The number of hydrogen-bond donors (Lipinski definition) is 0. The van der Waals surface area contributed by atoms with Crippen LogP contribution in [0.4, 0.5) is 0 Å². The summed E-state index contributed by atoms with van der Waals surface area (Å²) in [6.07, 6.45) is 3.72. The van der Waals surface area contributed by atoms with Crippen molar-refractivity contribution in [3.05, 3.63) is 29.8 Å². The van der Waals surface area contributed by atoms with E-state index in [-0.39, 0.29) is 0 Å². The molecule has 2 saturated heterocycles. The van der Waals surface area contributed by atoms with Gasteiger partial charge in [0.15, 0.2) is 0 Å². The number of piperidine rings is 1. The van der Waals surface area contributed by atoms with Gasteiger partial charge in [-0.05, 0) is 62.4 Å². The van der Waals surface area contributed by atoms with Gasteiger partial charge in [-0.25, -0.2) is 0 Å². The maximum Gasteiger partial charge on any atom is 0.119 e. The highest BCUT2D eigenvalue weighted by Crippen LogP contribution is 2.45. The van der Waals surface area contributed by atoms with Crippen molar-refractivity contribution in [3.63, 3.8) is 0 Å². The second-order valence-corrected chi connectivity index (χ2v) is 7.17. The second kappa shape index (κ2) is 8.32. The van der Waals surface area contributed by atoms with Crippen molar-refractivity contribution in [2.45, 2.75) is 32.7 Å². The van der Waals surface area contributed by atoms with Crippen LogP contribution >= 0.6 is 0 Å². The van der Waals surface area contributed by atoms with Gasteiger partial charge in [0, 0.05) is 25.7 Å². The first kappa shape index (κ1) is 17.7. The van der Waals surface area contributed by atoms with E-state index in [0.717, 1.165) is 38.7 Å². The molecule has 0 aromatic heterocycles. The molecule has 2 aliphatic rings. The number of benzene rings is 1. The standard InChI is InChI=1S/C20H31NO3/c1-3-23-15-18-16-24-12-9-20(18)7-10-21(11-8-20)14-17-5-4-6-19(13-17)22-2/h4-6,13,18H,3,7-12,14-16H2,1-2H3. The zero-order valence-corrected chi connectivity index (χ0v) is 15.1. The summed E-state index contributed by atoms with van der Waals surface area (Å²) in [5.74, 6) is 1.51. The van der Waals surface area contributed by atoms with Gasteiger partial charge in [0.2, 0.25) is 0 Å². The lowest BCUT2D eigenvalue weighted by atomic mass is 9.66. The zero-order chi connectivity index (χ0) is 16.8. The Morgan fingerprint density at radius 2 is 2.08 bits per heavy atom. The van der Waals surface area contributed by atoms with Crippen molar-refractivity contribution in [3.8, 4) is 5.75 Å². The number of methoxy groups -OCH3 is 1. The lowest BCUT2D eigenvalue weighted by molar-refractivity contribution is -0.0993. The van der Waals surface area contributed by atoms with Crippen LogP contribution in [0.3, 0.4) is 0 Å². The highest BCUT2D eigenvalue weighted by Gasteiger charge is 2.43. The van der Waals surface area contributed by atoms with Crippen LogP contribution in [-0.2, 0) is 16.0 Å². The summed E-state index contributed by atoms with van der Waals surface area (Å²) < 4.78 is 16.8. The second-order valence-electron chi connectivity index (χ2n) is 7.17. The van der Waals surface area contributed by atoms with Crippen molar-refractivity contribution in [1.29, 1.82) is 0 Å². The quantitative estimate of drug-likeness (QED) is 0.799. The molecule has 2 heterocycles. The SMILES string of the molecule is CCOCC1COCCC12CCN(Cc1cccc(OC)c1)CC2. The third-order valence-electron chi connectivity index (χ3n) is 5.84. The van der Waals surface area contributed by atoms with E-state index in [4.69, 9.17) is 14.2 Å². The lowest BCUT2D eigenvalue weighted by Crippen LogP contribution is -2.49. The van der Waals surface area contributed by atoms with Crippen LogP contribution in [0.5, 0.6) is 5.75 Å². The minimum absolute atomic E-state index is 0.429. The Bertz CT molecular complexity index is 511. The first-order valence-corrected chi connectivity index (χ1v) is 9.26. The molecule has 0 aliphatic carbocycles. The van der Waals surface area contributed by atoms with E-state index in [9.17, 15) is 0 Å². The van der Waals surface area contributed by atoms with Gasteiger partial charge in [-0.1, -0.05) is 12.1 Å². The molecule has 1 unspecified atom stereocenters. The maximum atomic E-state index is 5.75. The molecule has 134 valence electrons. The molecule has 1 aromatic carbocycles. The van der Waals surface area contributed by atoms with Crippen LogP contribution in [0.2, 0.25) is 0 Å². The summed E-state index contributed by atoms with van der Waals surface area (Å²) in [7, 11) is 1.73. The molecule has 1 aromatic rings. The van der Waals surface area contributed by atoms with Crippen molar-refractivity contribution >= 4 is 0 Å². The molecule has 0 N–H and O–H groups in total. The van der Waals surface area contributed by atoms with Gasteiger partial charge in [-0.3, -0.25) is 4.90 Å². The summed E-state index contributed by atoms with van der Waals surface area (Å²) in [4.78, 5) is 2.58. The number of hydrogen-bond acceptors (Lipinski definition) is 4. The van der Waals surface area contributed by atoms with Crippen molar-refractivity contribution in [2.24, 2.45) is 11.3 Å². The molecular weight excluding hydrogens is 302 g/mol. The van der Waals surface area contributed by atoms with Gasteiger partial charge in [-0.2, -0.15) is 0 Å². The van der Waals surface area contributed by atoms with E-state index in [2.05, 4.69) is 30.0 Å². The fraction of sp³-hybridized carbons (Fsp3) is 0.700. The molecule has 0 bridgehead atoms.